The summed E-state index contributed by atoms with van der Waals surface area (Å²) < 4.78 is 64.4. The number of urea groups is 1. The molecule has 5 aromatic rings. The van der Waals surface area contributed by atoms with Crippen LogP contribution in [0.2, 0.25) is 0 Å². The largest absolute Gasteiger partial charge is 0.416 e. The molecule has 0 atom stereocenters. The quantitative estimate of drug-likeness (QED) is 0.249. The van der Waals surface area contributed by atoms with Gasteiger partial charge in [-0.1, -0.05) is 42.5 Å². The summed E-state index contributed by atoms with van der Waals surface area (Å²) in [6.07, 6.45) is 0.313. The fourth-order valence-corrected chi connectivity index (χ4v) is 5.19. The van der Waals surface area contributed by atoms with Gasteiger partial charge < -0.3 is 10.6 Å². The van der Waals surface area contributed by atoms with Gasteiger partial charge in [-0.15, -0.1) is 0 Å². The third-order valence-corrected chi connectivity index (χ3v) is 7.44. The minimum Gasteiger partial charge on any atom is -0.334 e. The molecule has 11 heteroatoms. The number of fused-ring (bicyclic) bond motifs is 1. The van der Waals surface area contributed by atoms with E-state index in [1.54, 1.807) is 30.5 Å². The van der Waals surface area contributed by atoms with Gasteiger partial charge in [0, 0.05) is 35.8 Å². The van der Waals surface area contributed by atoms with E-state index in [1.807, 2.05) is 47.0 Å². The number of sulfone groups is 1. The Balaban J connectivity index is 1.26. The zero-order chi connectivity index (χ0) is 28.5. The molecule has 0 aliphatic heterocycles. The summed E-state index contributed by atoms with van der Waals surface area (Å²) in [4.78, 5) is 16.9. The van der Waals surface area contributed by atoms with Crippen LogP contribution >= 0.6 is 0 Å². The lowest BCUT2D eigenvalue weighted by molar-refractivity contribution is -0.137. The maximum Gasteiger partial charge on any atom is 0.416 e. The second-order valence-corrected chi connectivity index (χ2v) is 11.1. The lowest BCUT2D eigenvalue weighted by Gasteiger charge is -2.10. The zero-order valence-electron chi connectivity index (χ0n) is 21.1. The minimum atomic E-state index is -4.44. The van der Waals surface area contributed by atoms with Crippen LogP contribution in [0.5, 0.6) is 0 Å². The van der Waals surface area contributed by atoms with Crippen molar-refractivity contribution >= 4 is 27.2 Å². The summed E-state index contributed by atoms with van der Waals surface area (Å²) in [5, 5.41) is 5.19. The van der Waals surface area contributed by atoms with Gasteiger partial charge in [-0.25, -0.2) is 18.2 Å². The van der Waals surface area contributed by atoms with Crippen LogP contribution in [0.1, 0.15) is 11.1 Å². The van der Waals surface area contributed by atoms with Gasteiger partial charge in [0.25, 0.3) is 0 Å². The van der Waals surface area contributed by atoms with E-state index >= 15 is 0 Å². The maximum absolute atomic E-state index is 12.7. The van der Waals surface area contributed by atoms with E-state index in [0.717, 1.165) is 34.5 Å². The first-order valence-corrected chi connectivity index (χ1v) is 14.0. The van der Waals surface area contributed by atoms with Crippen LogP contribution in [-0.4, -0.2) is 30.1 Å². The number of hydrogen-bond acceptors (Lipinski definition) is 4. The Morgan fingerprint density at radius 3 is 2.30 bits per heavy atom. The van der Waals surface area contributed by atoms with Crippen molar-refractivity contribution in [3.8, 4) is 22.4 Å². The number of rotatable bonds is 6. The summed E-state index contributed by atoms with van der Waals surface area (Å²) in [7, 11) is -3.40. The highest BCUT2D eigenvalue weighted by Gasteiger charge is 2.30. The van der Waals surface area contributed by atoms with Gasteiger partial charge in [-0.2, -0.15) is 13.2 Å². The first kappa shape index (κ1) is 26.9. The predicted octanol–water partition coefficient (Wildman–Crippen LogP) is 6.41. The van der Waals surface area contributed by atoms with Crippen molar-refractivity contribution < 1.29 is 26.4 Å². The Kier molecular flexibility index (Phi) is 7.07. The van der Waals surface area contributed by atoms with Crippen LogP contribution in [0.4, 0.5) is 23.7 Å². The first-order valence-electron chi connectivity index (χ1n) is 12.1. The van der Waals surface area contributed by atoms with Gasteiger partial charge in [-0.05, 0) is 53.6 Å². The van der Waals surface area contributed by atoms with Crippen LogP contribution in [0.25, 0.3) is 28.0 Å². The number of halogens is 3. The lowest BCUT2D eigenvalue weighted by atomic mass is 10.1. The summed E-state index contributed by atoms with van der Waals surface area (Å²) in [5.74, 6) is 0. The van der Waals surface area contributed by atoms with Crippen molar-refractivity contribution in [3.63, 3.8) is 0 Å². The van der Waals surface area contributed by atoms with E-state index in [4.69, 9.17) is 0 Å². The normalized spacial score (nSPS) is 11.9. The zero-order valence-corrected chi connectivity index (χ0v) is 21.9. The van der Waals surface area contributed by atoms with Crippen LogP contribution in [-0.2, 0) is 22.6 Å². The van der Waals surface area contributed by atoms with Crippen molar-refractivity contribution in [2.24, 2.45) is 0 Å². The molecule has 0 spiro atoms. The van der Waals surface area contributed by atoms with Crippen LogP contribution in [0, 0.1) is 0 Å². The number of hydrogen-bond donors (Lipinski definition) is 2. The Hall–Kier alpha value is -4.64. The molecule has 0 aliphatic rings. The van der Waals surface area contributed by atoms with Crippen molar-refractivity contribution in [3.05, 3.63) is 108 Å². The van der Waals surface area contributed by atoms with E-state index in [1.165, 1.54) is 18.4 Å². The summed E-state index contributed by atoms with van der Waals surface area (Å²) in [5.41, 5.74) is 3.99. The Labute approximate surface area is 228 Å². The number of alkyl halides is 3. The third kappa shape index (κ3) is 5.84. The maximum atomic E-state index is 12.7. The highest BCUT2D eigenvalue weighted by atomic mass is 32.2. The molecular weight excluding hydrogens is 541 g/mol. The lowest BCUT2D eigenvalue weighted by Crippen LogP contribution is -2.28. The van der Waals surface area contributed by atoms with Gasteiger partial charge in [0.2, 0.25) is 0 Å². The molecule has 204 valence electrons. The van der Waals surface area contributed by atoms with Crippen molar-refractivity contribution in [1.82, 2.24) is 14.7 Å². The van der Waals surface area contributed by atoms with Gasteiger partial charge in [0.05, 0.1) is 22.3 Å². The molecule has 40 heavy (non-hydrogen) atoms. The number of pyridine rings is 1. The summed E-state index contributed by atoms with van der Waals surface area (Å²) >= 11 is 0. The fraction of sp³-hybridized carbons (Fsp3) is 0.103. The molecule has 2 N–H and O–H groups in total. The van der Waals surface area contributed by atoms with E-state index in [0.29, 0.717) is 11.2 Å². The Morgan fingerprint density at radius 2 is 1.62 bits per heavy atom. The first-order chi connectivity index (χ1) is 19.0. The predicted molar refractivity (Wildman–Crippen MR) is 146 cm³/mol. The molecule has 5 rings (SSSR count). The van der Waals surface area contributed by atoms with Gasteiger partial charge in [0.15, 0.2) is 9.84 Å². The number of amides is 2. The number of nitrogens with zero attached hydrogens (tertiary/aromatic N) is 2. The monoisotopic (exact) mass is 564 g/mol. The standard InChI is InChI=1S/C29H23F3N4O3S/c1-40(38,39)26-5-3-2-4-24(26)21-14-15-36-25(18-33-27(36)16-21)20-8-6-19(7-9-20)17-34-28(37)35-23-12-10-22(11-13-23)29(30,31)32/h2-16,18H,17H2,1H3,(H2,34,35,37). The number of anilines is 1. The van der Waals surface area contributed by atoms with E-state index in [9.17, 15) is 26.4 Å². The molecule has 0 aliphatic carbocycles. The molecule has 0 saturated carbocycles. The topological polar surface area (TPSA) is 92.6 Å². The number of carbonyl (C=O) groups is 1. The second kappa shape index (κ2) is 10.5. The fourth-order valence-electron chi connectivity index (χ4n) is 4.28. The van der Waals surface area contributed by atoms with Gasteiger partial charge in [0.1, 0.15) is 5.65 Å². The van der Waals surface area contributed by atoms with Crippen molar-refractivity contribution in [2.45, 2.75) is 17.6 Å². The number of carbonyl (C=O) groups excluding carboxylic acids is 1. The number of imidazole rings is 1. The second-order valence-electron chi connectivity index (χ2n) is 9.14. The summed E-state index contributed by atoms with van der Waals surface area (Å²) in [6.45, 7) is 0.211. The van der Waals surface area contributed by atoms with Crippen LogP contribution in [0.3, 0.4) is 0 Å². The summed E-state index contributed by atoms with van der Waals surface area (Å²) in [6, 6.07) is 21.7. The smallest absolute Gasteiger partial charge is 0.334 e. The highest BCUT2D eigenvalue weighted by molar-refractivity contribution is 7.90. The molecule has 0 radical (unpaired) electrons. The minimum absolute atomic E-state index is 0.211. The molecule has 2 aromatic heterocycles. The third-order valence-electron chi connectivity index (χ3n) is 6.28. The molecule has 2 heterocycles. The van der Waals surface area contributed by atoms with Crippen molar-refractivity contribution in [1.29, 1.82) is 0 Å². The molecule has 0 unspecified atom stereocenters. The molecule has 2 amide bonds. The average molecular weight is 565 g/mol. The van der Waals surface area contributed by atoms with E-state index in [-0.39, 0.29) is 17.1 Å². The molecule has 7 nitrogen and oxygen atoms in total. The SMILES string of the molecule is CS(=O)(=O)c1ccccc1-c1ccn2c(-c3ccc(CNC(=O)Nc4ccc(C(F)(F)F)cc4)cc3)cnc2c1. The molecular formula is C29H23F3N4O3S. The van der Waals surface area contributed by atoms with Gasteiger partial charge >= 0.3 is 12.2 Å². The van der Waals surface area contributed by atoms with E-state index < -0.39 is 27.6 Å². The van der Waals surface area contributed by atoms with Gasteiger partial charge in [-0.3, -0.25) is 4.40 Å². The number of nitrogens with one attached hydrogen (secondary N) is 2. The van der Waals surface area contributed by atoms with Crippen molar-refractivity contribution in [2.75, 3.05) is 11.6 Å². The Morgan fingerprint density at radius 1 is 0.925 bits per heavy atom. The molecule has 0 fully saturated rings. The van der Waals surface area contributed by atoms with E-state index in [2.05, 4.69) is 15.6 Å². The van der Waals surface area contributed by atoms with Crippen LogP contribution in [0.15, 0.2) is 102 Å². The average Bonchev–Trinajstić information content (AvgIpc) is 3.35. The molecule has 0 bridgehead atoms. The van der Waals surface area contributed by atoms with Crippen LogP contribution < -0.4 is 10.6 Å². The highest BCUT2D eigenvalue weighted by Crippen LogP contribution is 2.31. The molecule has 3 aromatic carbocycles. The number of benzene rings is 3. The molecule has 0 saturated heterocycles. The Bertz CT molecular complexity index is 1800. The number of aromatic nitrogens is 2.